The van der Waals surface area contributed by atoms with Gasteiger partial charge in [-0.2, -0.15) is 0 Å². The van der Waals surface area contributed by atoms with Crippen molar-refractivity contribution in [2.24, 2.45) is 11.7 Å². The lowest BCUT2D eigenvalue weighted by molar-refractivity contribution is 0.134. The SMILES string of the molecule is CCCOc1ccc(C(CN)N2CCC(CC)CC2)cc1. The molecule has 1 aliphatic heterocycles. The molecule has 0 aromatic heterocycles. The van der Waals surface area contributed by atoms with Crippen LogP contribution in [0.3, 0.4) is 0 Å². The fourth-order valence-electron chi connectivity index (χ4n) is 3.17. The van der Waals surface area contributed by atoms with Crippen LogP contribution in [0, 0.1) is 5.92 Å². The Balaban J connectivity index is 1.97. The fraction of sp³-hybridized carbons (Fsp3) is 0.667. The number of benzene rings is 1. The van der Waals surface area contributed by atoms with Crippen molar-refractivity contribution in [3.05, 3.63) is 29.8 Å². The van der Waals surface area contributed by atoms with Gasteiger partial charge >= 0.3 is 0 Å². The molecule has 0 bridgehead atoms. The van der Waals surface area contributed by atoms with Crippen LogP contribution < -0.4 is 10.5 Å². The van der Waals surface area contributed by atoms with Crippen molar-refractivity contribution in [2.45, 2.75) is 45.6 Å². The minimum Gasteiger partial charge on any atom is -0.494 e. The van der Waals surface area contributed by atoms with Gasteiger partial charge in [-0.05, 0) is 56.0 Å². The Morgan fingerprint density at radius 3 is 2.38 bits per heavy atom. The van der Waals surface area contributed by atoms with Crippen LogP contribution in [0.5, 0.6) is 5.75 Å². The van der Waals surface area contributed by atoms with Gasteiger partial charge in [-0.3, -0.25) is 4.90 Å². The van der Waals surface area contributed by atoms with E-state index < -0.39 is 0 Å². The molecule has 0 aliphatic carbocycles. The summed E-state index contributed by atoms with van der Waals surface area (Å²) >= 11 is 0. The van der Waals surface area contributed by atoms with Crippen molar-refractivity contribution < 1.29 is 4.74 Å². The average molecular weight is 290 g/mol. The van der Waals surface area contributed by atoms with Gasteiger partial charge in [0.25, 0.3) is 0 Å². The van der Waals surface area contributed by atoms with Gasteiger partial charge in [-0.25, -0.2) is 0 Å². The van der Waals surface area contributed by atoms with E-state index in [9.17, 15) is 0 Å². The van der Waals surface area contributed by atoms with Crippen LogP contribution in [0.25, 0.3) is 0 Å². The molecule has 0 spiro atoms. The van der Waals surface area contributed by atoms with E-state index in [1.807, 2.05) is 0 Å². The van der Waals surface area contributed by atoms with Gasteiger partial charge < -0.3 is 10.5 Å². The Hall–Kier alpha value is -1.06. The zero-order valence-electron chi connectivity index (χ0n) is 13.6. The van der Waals surface area contributed by atoms with Crippen molar-refractivity contribution in [3.63, 3.8) is 0 Å². The minimum absolute atomic E-state index is 0.350. The molecule has 0 saturated carbocycles. The average Bonchev–Trinajstić information content (AvgIpc) is 2.55. The Morgan fingerprint density at radius 1 is 1.19 bits per heavy atom. The highest BCUT2D eigenvalue weighted by molar-refractivity contribution is 5.29. The molecule has 0 amide bonds. The first-order chi connectivity index (χ1) is 10.3. The highest BCUT2D eigenvalue weighted by Crippen LogP contribution is 2.28. The molecule has 3 nitrogen and oxygen atoms in total. The molecular formula is C18H30N2O. The van der Waals surface area contributed by atoms with Gasteiger partial charge in [0.2, 0.25) is 0 Å². The Morgan fingerprint density at radius 2 is 1.86 bits per heavy atom. The summed E-state index contributed by atoms with van der Waals surface area (Å²) in [6.45, 7) is 8.24. The second-order valence-corrected chi connectivity index (χ2v) is 6.06. The largest absolute Gasteiger partial charge is 0.494 e. The van der Waals surface area contributed by atoms with Crippen LogP contribution in [-0.4, -0.2) is 31.1 Å². The topological polar surface area (TPSA) is 38.5 Å². The van der Waals surface area contributed by atoms with Crippen LogP contribution in [0.15, 0.2) is 24.3 Å². The molecule has 1 saturated heterocycles. The summed E-state index contributed by atoms with van der Waals surface area (Å²) < 4.78 is 5.65. The predicted molar refractivity (Wildman–Crippen MR) is 88.6 cm³/mol. The van der Waals surface area contributed by atoms with E-state index in [1.54, 1.807) is 0 Å². The van der Waals surface area contributed by atoms with Crippen LogP contribution in [-0.2, 0) is 0 Å². The summed E-state index contributed by atoms with van der Waals surface area (Å²) in [5.74, 6) is 1.87. The molecule has 0 radical (unpaired) electrons. The molecule has 1 heterocycles. The summed E-state index contributed by atoms with van der Waals surface area (Å²) in [6.07, 6.45) is 4.97. The zero-order valence-corrected chi connectivity index (χ0v) is 13.6. The van der Waals surface area contributed by atoms with Gasteiger partial charge in [-0.15, -0.1) is 0 Å². The molecule has 1 aromatic rings. The van der Waals surface area contributed by atoms with Crippen LogP contribution in [0.1, 0.15) is 51.1 Å². The maximum absolute atomic E-state index is 6.05. The molecule has 1 unspecified atom stereocenters. The molecule has 2 N–H and O–H groups in total. The number of rotatable bonds is 7. The van der Waals surface area contributed by atoms with Crippen LogP contribution >= 0.6 is 0 Å². The number of likely N-dealkylation sites (tertiary alicyclic amines) is 1. The summed E-state index contributed by atoms with van der Waals surface area (Å²) in [6, 6.07) is 8.85. The Bertz CT molecular complexity index is 396. The van der Waals surface area contributed by atoms with E-state index >= 15 is 0 Å². The first kappa shape index (κ1) is 16.3. The highest BCUT2D eigenvalue weighted by atomic mass is 16.5. The molecule has 21 heavy (non-hydrogen) atoms. The third-order valence-electron chi connectivity index (χ3n) is 4.63. The predicted octanol–water partition coefficient (Wildman–Crippen LogP) is 3.60. The van der Waals surface area contributed by atoms with Gasteiger partial charge in [-0.1, -0.05) is 32.4 Å². The minimum atomic E-state index is 0.350. The molecule has 118 valence electrons. The first-order valence-electron chi connectivity index (χ1n) is 8.45. The smallest absolute Gasteiger partial charge is 0.119 e. The maximum Gasteiger partial charge on any atom is 0.119 e. The number of hydrogen-bond donors (Lipinski definition) is 1. The lowest BCUT2D eigenvalue weighted by Crippen LogP contribution is -2.39. The number of nitrogens with two attached hydrogens (primary N) is 1. The molecule has 3 heteroatoms. The van der Waals surface area contributed by atoms with E-state index in [0.29, 0.717) is 12.6 Å². The fourth-order valence-corrected chi connectivity index (χ4v) is 3.17. The second kappa shape index (κ2) is 8.40. The van der Waals surface area contributed by atoms with Gasteiger partial charge in [0.1, 0.15) is 5.75 Å². The lowest BCUT2D eigenvalue weighted by Gasteiger charge is -2.37. The number of nitrogens with zero attached hydrogens (tertiary/aromatic N) is 1. The summed E-state index contributed by atoms with van der Waals surface area (Å²) in [5, 5.41) is 0. The second-order valence-electron chi connectivity index (χ2n) is 6.06. The number of ether oxygens (including phenoxy) is 1. The quantitative estimate of drug-likeness (QED) is 0.834. The van der Waals surface area contributed by atoms with E-state index in [-0.39, 0.29) is 0 Å². The first-order valence-corrected chi connectivity index (χ1v) is 8.45. The van der Waals surface area contributed by atoms with Crippen molar-refractivity contribution in [1.82, 2.24) is 4.90 Å². The standard InChI is InChI=1S/C18H30N2O/c1-3-13-21-17-7-5-16(6-8-17)18(14-19)20-11-9-15(4-2)10-12-20/h5-8,15,18H,3-4,9-14,19H2,1-2H3. The summed E-state index contributed by atoms with van der Waals surface area (Å²) in [7, 11) is 0. The molecular weight excluding hydrogens is 260 g/mol. The molecule has 1 fully saturated rings. The van der Waals surface area contributed by atoms with Crippen molar-refractivity contribution in [3.8, 4) is 5.75 Å². The lowest BCUT2D eigenvalue weighted by atomic mass is 9.92. The molecule has 1 atom stereocenters. The van der Waals surface area contributed by atoms with Crippen molar-refractivity contribution in [1.29, 1.82) is 0 Å². The maximum atomic E-state index is 6.05. The normalized spacial score (nSPS) is 18.6. The number of piperidine rings is 1. The highest BCUT2D eigenvalue weighted by Gasteiger charge is 2.24. The third-order valence-corrected chi connectivity index (χ3v) is 4.63. The van der Waals surface area contributed by atoms with Crippen molar-refractivity contribution >= 4 is 0 Å². The van der Waals surface area contributed by atoms with Gasteiger partial charge in [0.15, 0.2) is 0 Å². The monoisotopic (exact) mass is 290 g/mol. The van der Waals surface area contributed by atoms with E-state index in [0.717, 1.165) is 24.7 Å². The molecule has 1 aliphatic rings. The van der Waals surface area contributed by atoms with E-state index in [4.69, 9.17) is 10.5 Å². The van der Waals surface area contributed by atoms with Gasteiger partial charge in [0.05, 0.1) is 6.61 Å². The van der Waals surface area contributed by atoms with Crippen LogP contribution in [0.4, 0.5) is 0 Å². The zero-order chi connectivity index (χ0) is 15.1. The summed E-state index contributed by atoms with van der Waals surface area (Å²) in [5.41, 5.74) is 7.36. The Kier molecular flexibility index (Phi) is 6.52. The Labute approximate surface area is 129 Å². The molecule has 1 aromatic carbocycles. The third kappa shape index (κ3) is 4.45. The van der Waals surface area contributed by atoms with E-state index in [2.05, 4.69) is 43.0 Å². The van der Waals surface area contributed by atoms with Crippen molar-refractivity contribution in [2.75, 3.05) is 26.2 Å². The van der Waals surface area contributed by atoms with Crippen LogP contribution in [0.2, 0.25) is 0 Å². The summed E-state index contributed by atoms with van der Waals surface area (Å²) in [4.78, 5) is 2.55. The number of hydrogen-bond acceptors (Lipinski definition) is 3. The van der Waals surface area contributed by atoms with E-state index in [1.165, 1.54) is 37.9 Å². The van der Waals surface area contributed by atoms with Gasteiger partial charge in [0, 0.05) is 12.6 Å². The molecule has 2 rings (SSSR count).